The van der Waals surface area contributed by atoms with Gasteiger partial charge in [-0.05, 0) is 25.7 Å². The van der Waals surface area contributed by atoms with Gasteiger partial charge in [-0.25, -0.2) is 0 Å². The lowest BCUT2D eigenvalue weighted by atomic mass is 9.81. The van der Waals surface area contributed by atoms with E-state index in [4.69, 9.17) is 5.73 Å². The predicted molar refractivity (Wildman–Crippen MR) is 74.3 cm³/mol. The molecule has 0 unspecified atom stereocenters. The van der Waals surface area contributed by atoms with Crippen molar-refractivity contribution in [2.45, 2.75) is 88.6 Å². The minimum atomic E-state index is -0.569. The smallest absolute Gasteiger partial charge is 0.240 e. The molecule has 104 valence electrons. The summed E-state index contributed by atoms with van der Waals surface area (Å²) in [6.45, 7) is 0. The molecule has 0 saturated heterocycles. The molecule has 2 aliphatic carbocycles. The monoisotopic (exact) mass is 252 g/mol. The van der Waals surface area contributed by atoms with Crippen LogP contribution in [0.2, 0.25) is 0 Å². The molecule has 0 heterocycles. The number of hydrogen-bond donors (Lipinski definition) is 2. The van der Waals surface area contributed by atoms with E-state index < -0.39 is 5.54 Å². The highest BCUT2D eigenvalue weighted by molar-refractivity contribution is 5.86. The van der Waals surface area contributed by atoms with Gasteiger partial charge in [-0.15, -0.1) is 0 Å². The molecule has 18 heavy (non-hydrogen) atoms. The van der Waals surface area contributed by atoms with Crippen molar-refractivity contribution >= 4 is 5.91 Å². The maximum atomic E-state index is 12.4. The van der Waals surface area contributed by atoms with Gasteiger partial charge in [-0.3, -0.25) is 4.79 Å². The van der Waals surface area contributed by atoms with E-state index in [0.717, 1.165) is 38.5 Å². The van der Waals surface area contributed by atoms with Crippen molar-refractivity contribution < 1.29 is 4.79 Å². The summed E-state index contributed by atoms with van der Waals surface area (Å²) in [5, 5.41) is 3.23. The summed E-state index contributed by atoms with van der Waals surface area (Å²) >= 11 is 0. The summed E-state index contributed by atoms with van der Waals surface area (Å²) in [6, 6.07) is 0.375. The Kier molecular flexibility index (Phi) is 5.04. The lowest BCUT2D eigenvalue weighted by Gasteiger charge is -2.34. The van der Waals surface area contributed by atoms with Crippen LogP contribution >= 0.6 is 0 Å². The van der Waals surface area contributed by atoms with Crippen LogP contribution in [0, 0.1) is 0 Å². The van der Waals surface area contributed by atoms with E-state index in [9.17, 15) is 4.79 Å². The lowest BCUT2D eigenvalue weighted by molar-refractivity contribution is -0.128. The average Bonchev–Trinajstić information content (AvgIpc) is 2.33. The lowest BCUT2D eigenvalue weighted by Crippen LogP contribution is -2.57. The fourth-order valence-corrected chi connectivity index (χ4v) is 3.34. The number of hydrogen-bond acceptors (Lipinski definition) is 2. The summed E-state index contributed by atoms with van der Waals surface area (Å²) < 4.78 is 0. The van der Waals surface area contributed by atoms with Crippen molar-refractivity contribution in [2.75, 3.05) is 0 Å². The maximum Gasteiger partial charge on any atom is 0.240 e. The standard InChI is InChI=1S/C15H28N2O/c16-15(11-7-4-8-12-15)14(18)17-13-9-5-2-1-3-6-10-13/h13H,1-12,16H2,(H,17,18). The van der Waals surface area contributed by atoms with Gasteiger partial charge in [0.25, 0.3) is 0 Å². The molecule has 1 amide bonds. The van der Waals surface area contributed by atoms with Gasteiger partial charge in [-0.2, -0.15) is 0 Å². The van der Waals surface area contributed by atoms with Crippen LogP contribution in [0.1, 0.15) is 77.0 Å². The largest absolute Gasteiger partial charge is 0.352 e. The van der Waals surface area contributed by atoms with Gasteiger partial charge in [0.2, 0.25) is 5.91 Å². The van der Waals surface area contributed by atoms with E-state index in [1.165, 1.54) is 38.5 Å². The molecule has 0 radical (unpaired) electrons. The summed E-state index contributed by atoms with van der Waals surface area (Å²) in [7, 11) is 0. The van der Waals surface area contributed by atoms with Crippen LogP contribution in [-0.4, -0.2) is 17.5 Å². The molecule has 2 rings (SSSR count). The van der Waals surface area contributed by atoms with Gasteiger partial charge >= 0.3 is 0 Å². The van der Waals surface area contributed by atoms with Crippen LogP contribution in [0.15, 0.2) is 0 Å². The molecular weight excluding hydrogens is 224 g/mol. The Morgan fingerprint density at radius 2 is 1.39 bits per heavy atom. The molecule has 0 atom stereocenters. The van der Waals surface area contributed by atoms with E-state index >= 15 is 0 Å². The van der Waals surface area contributed by atoms with Crippen LogP contribution in [-0.2, 0) is 4.79 Å². The highest BCUT2D eigenvalue weighted by Gasteiger charge is 2.36. The first kappa shape index (κ1) is 13.9. The number of amides is 1. The Balaban J connectivity index is 1.84. The Bertz CT molecular complexity index is 264. The van der Waals surface area contributed by atoms with Crippen LogP contribution in [0.25, 0.3) is 0 Å². The molecule has 0 bridgehead atoms. The Hall–Kier alpha value is -0.570. The average molecular weight is 252 g/mol. The second kappa shape index (κ2) is 6.55. The van der Waals surface area contributed by atoms with Gasteiger partial charge in [0.05, 0.1) is 5.54 Å². The molecule has 2 saturated carbocycles. The Morgan fingerprint density at radius 1 is 0.889 bits per heavy atom. The van der Waals surface area contributed by atoms with Gasteiger partial charge in [0, 0.05) is 6.04 Å². The molecule has 0 aromatic rings. The topological polar surface area (TPSA) is 55.1 Å². The van der Waals surface area contributed by atoms with E-state index in [2.05, 4.69) is 5.32 Å². The second-order valence-electron chi connectivity index (χ2n) is 6.23. The first-order chi connectivity index (χ1) is 8.71. The molecule has 3 heteroatoms. The zero-order valence-corrected chi connectivity index (χ0v) is 11.5. The van der Waals surface area contributed by atoms with E-state index in [1.54, 1.807) is 0 Å². The van der Waals surface area contributed by atoms with Crippen LogP contribution in [0.4, 0.5) is 0 Å². The van der Waals surface area contributed by atoms with Crippen molar-refractivity contribution in [3.63, 3.8) is 0 Å². The third kappa shape index (κ3) is 3.71. The summed E-state index contributed by atoms with van der Waals surface area (Å²) in [6.07, 6.45) is 14.0. The third-order valence-electron chi connectivity index (χ3n) is 4.64. The van der Waals surface area contributed by atoms with Crippen molar-refractivity contribution in [1.29, 1.82) is 0 Å². The Labute approximate surface area is 111 Å². The fraction of sp³-hybridized carbons (Fsp3) is 0.933. The summed E-state index contributed by atoms with van der Waals surface area (Å²) in [5.74, 6) is 0.118. The zero-order chi connectivity index (χ0) is 12.8. The summed E-state index contributed by atoms with van der Waals surface area (Å²) in [4.78, 5) is 12.4. The van der Waals surface area contributed by atoms with E-state index in [0.29, 0.717) is 6.04 Å². The quantitative estimate of drug-likeness (QED) is 0.794. The number of carbonyl (C=O) groups excluding carboxylic acids is 1. The predicted octanol–water partition coefficient (Wildman–Crippen LogP) is 2.88. The fourth-order valence-electron chi connectivity index (χ4n) is 3.34. The first-order valence-corrected chi connectivity index (χ1v) is 7.81. The van der Waals surface area contributed by atoms with Crippen molar-refractivity contribution in [3.05, 3.63) is 0 Å². The van der Waals surface area contributed by atoms with Gasteiger partial charge in [0.15, 0.2) is 0 Å². The van der Waals surface area contributed by atoms with Gasteiger partial charge in [0.1, 0.15) is 0 Å². The van der Waals surface area contributed by atoms with Crippen molar-refractivity contribution in [2.24, 2.45) is 5.73 Å². The third-order valence-corrected chi connectivity index (χ3v) is 4.64. The molecular formula is C15H28N2O. The highest BCUT2D eigenvalue weighted by Crippen LogP contribution is 2.26. The molecule has 2 fully saturated rings. The molecule has 2 aliphatic rings. The number of carbonyl (C=O) groups is 1. The SMILES string of the molecule is NC1(C(=O)NC2CCCCCCC2)CCCCC1. The van der Waals surface area contributed by atoms with Gasteiger partial charge in [-0.1, -0.05) is 51.4 Å². The minimum absolute atomic E-state index is 0.118. The molecule has 3 N–H and O–H groups in total. The molecule has 0 aromatic carbocycles. The van der Waals surface area contributed by atoms with Crippen molar-refractivity contribution in [3.8, 4) is 0 Å². The minimum Gasteiger partial charge on any atom is -0.352 e. The Morgan fingerprint density at radius 3 is 2.00 bits per heavy atom. The van der Waals surface area contributed by atoms with Crippen LogP contribution in [0.3, 0.4) is 0 Å². The van der Waals surface area contributed by atoms with E-state index in [-0.39, 0.29) is 5.91 Å². The number of nitrogens with two attached hydrogens (primary N) is 1. The maximum absolute atomic E-state index is 12.4. The van der Waals surface area contributed by atoms with Crippen LogP contribution in [0.5, 0.6) is 0 Å². The molecule has 3 nitrogen and oxygen atoms in total. The molecule has 0 aliphatic heterocycles. The van der Waals surface area contributed by atoms with Crippen LogP contribution < -0.4 is 11.1 Å². The first-order valence-electron chi connectivity index (χ1n) is 7.81. The second-order valence-corrected chi connectivity index (χ2v) is 6.23. The van der Waals surface area contributed by atoms with Crippen molar-refractivity contribution in [1.82, 2.24) is 5.32 Å². The normalized spacial score (nSPS) is 26.1. The number of nitrogens with one attached hydrogen (secondary N) is 1. The van der Waals surface area contributed by atoms with Gasteiger partial charge < -0.3 is 11.1 Å². The number of rotatable bonds is 2. The summed E-state index contributed by atoms with van der Waals surface area (Å²) in [5.41, 5.74) is 5.71. The zero-order valence-electron chi connectivity index (χ0n) is 11.5. The highest BCUT2D eigenvalue weighted by atomic mass is 16.2. The molecule has 0 spiro atoms. The van der Waals surface area contributed by atoms with E-state index in [1.807, 2.05) is 0 Å². The molecule has 0 aromatic heterocycles.